The van der Waals surface area contributed by atoms with Crippen LogP contribution in [0.1, 0.15) is 0 Å². The Hall–Kier alpha value is -2.13. The lowest BCUT2D eigenvalue weighted by Crippen LogP contribution is -2.37. The summed E-state index contributed by atoms with van der Waals surface area (Å²) in [6.45, 7) is 0. The second-order valence-electron chi connectivity index (χ2n) is 4.06. The number of nitrogens with one attached hydrogen (secondary N) is 1. The zero-order valence-electron chi connectivity index (χ0n) is 10.1. The number of aliphatic hydroxyl groups is 1. The summed E-state index contributed by atoms with van der Waals surface area (Å²) in [5.74, 6) is -8.53. The van der Waals surface area contributed by atoms with Gasteiger partial charge in [0.05, 0.1) is 5.69 Å². The smallest absolute Gasteiger partial charge is 0.341 e. The Bertz CT molecular complexity index is 581. The minimum absolute atomic E-state index is 0.615. The third kappa shape index (κ3) is 2.32. The molecule has 1 amide bonds. The largest absolute Gasteiger partial charge is 0.374 e. The first-order chi connectivity index (χ1) is 9.32. The quantitative estimate of drug-likeness (QED) is 0.608. The number of nitrogens with zero attached hydrogens (tertiary/aromatic N) is 1. The van der Waals surface area contributed by atoms with Crippen LogP contribution in [0.2, 0.25) is 0 Å². The van der Waals surface area contributed by atoms with Gasteiger partial charge in [-0.05, 0) is 12.1 Å². The van der Waals surface area contributed by atoms with Crippen molar-refractivity contribution < 1.29 is 32.7 Å². The Kier molecular flexibility index (Phi) is 3.64. The maximum atomic E-state index is 13.4. The van der Waals surface area contributed by atoms with Crippen molar-refractivity contribution >= 4 is 17.6 Å². The fraction of sp³-hybridized carbons (Fsp3) is 0.273. The Morgan fingerprint density at radius 2 is 2.00 bits per heavy atom. The van der Waals surface area contributed by atoms with Gasteiger partial charge in [-0.2, -0.15) is 0 Å². The molecule has 1 aromatic rings. The molecule has 1 saturated heterocycles. The average Bonchev–Trinajstić information content (AvgIpc) is 2.64. The van der Waals surface area contributed by atoms with Gasteiger partial charge in [-0.25, -0.2) is 18.0 Å². The summed E-state index contributed by atoms with van der Waals surface area (Å²) in [5.41, 5.74) is -0.650. The van der Waals surface area contributed by atoms with Crippen LogP contribution < -0.4 is 5.32 Å². The van der Waals surface area contributed by atoms with E-state index >= 15 is 0 Å². The average molecular weight is 290 g/mol. The number of hydrogen-bond donors (Lipinski definition) is 2. The van der Waals surface area contributed by atoms with Crippen LogP contribution in [0.25, 0.3) is 0 Å². The van der Waals surface area contributed by atoms with Gasteiger partial charge in [0.25, 0.3) is 0 Å². The lowest BCUT2D eigenvalue weighted by molar-refractivity contribution is -0.183. The van der Waals surface area contributed by atoms with E-state index in [9.17, 15) is 27.9 Å². The second-order valence-corrected chi connectivity index (χ2v) is 4.06. The number of rotatable bonds is 2. The maximum absolute atomic E-state index is 13.4. The molecular formula is C11H9F3N2O4. The van der Waals surface area contributed by atoms with Crippen LogP contribution in [-0.4, -0.2) is 35.3 Å². The zero-order chi connectivity index (χ0) is 15.0. The normalized spacial score (nSPS) is 22.8. The summed E-state index contributed by atoms with van der Waals surface area (Å²) in [6.07, 6.45) is -1.56. The Morgan fingerprint density at radius 3 is 2.55 bits per heavy atom. The molecule has 20 heavy (non-hydrogen) atoms. The molecule has 1 aliphatic rings. The third-order valence-corrected chi connectivity index (χ3v) is 2.73. The standard InChI is InChI=1S/C11H9F3N2O4/c1-16-10(18)6(11(19)20-16)9(17)15-5-3-2-4(12)7(13)8(5)14/h2-3,6,10,18H,1H3,(H,15,17). The highest BCUT2D eigenvalue weighted by Gasteiger charge is 2.45. The van der Waals surface area contributed by atoms with E-state index in [1.54, 1.807) is 0 Å². The lowest BCUT2D eigenvalue weighted by Gasteiger charge is -2.14. The molecule has 2 N–H and O–H groups in total. The van der Waals surface area contributed by atoms with Crippen molar-refractivity contribution in [1.29, 1.82) is 0 Å². The van der Waals surface area contributed by atoms with Gasteiger partial charge in [0.15, 0.2) is 29.6 Å². The number of benzene rings is 1. The molecule has 1 fully saturated rings. The van der Waals surface area contributed by atoms with E-state index in [1.807, 2.05) is 5.32 Å². The van der Waals surface area contributed by atoms with Gasteiger partial charge in [-0.3, -0.25) is 4.79 Å². The second kappa shape index (κ2) is 5.10. The van der Waals surface area contributed by atoms with Crippen molar-refractivity contribution in [3.63, 3.8) is 0 Å². The summed E-state index contributed by atoms with van der Waals surface area (Å²) >= 11 is 0. The number of anilines is 1. The number of aliphatic hydroxyl groups excluding tert-OH is 1. The molecule has 108 valence electrons. The molecule has 0 spiro atoms. The maximum Gasteiger partial charge on any atom is 0.341 e. The molecule has 0 aliphatic carbocycles. The molecule has 2 rings (SSSR count). The summed E-state index contributed by atoms with van der Waals surface area (Å²) in [4.78, 5) is 27.5. The van der Waals surface area contributed by atoms with Gasteiger partial charge < -0.3 is 15.3 Å². The minimum atomic E-state index is -1.76. The Balaban J connectivity index is 2.21. The number of hydroxylamine groups is 2. The van der Waals surface area contributed by atoms with E-state index < -0.39 is 47.2 Å². The number of amides is 1. The van der Waals surface area contributed by atoms with Gasteiger partial charge in [0.2, 0.25) is 5.91 Å². The number of halogens is 3. The number of carbonyl (C=O) groups excluding carboxylic acids is 2. The molecule has 0 bridgehead atoms. The first kappa shape index (κ1) is 14.3. The van der Waals surface area contributed by atoms with Crippen LogP contribution >= 0.6 is 0 Å². The van der Waals surface area contributed by atoms with E-state index in [0.717, 1.165) is 11.1 Å². The van der Waals surface area contributed by atoms with Crippen LogP contribution in [0.15, 0.2) is 12.1 Å². The molecule has 6 nitrogen and oxygen atoms in total. The number of carbonyl (C=O) groups is 2. The fourth-order valence-corrected chi connectivity index (χ4v) is 1.66. The van der Waals surface area contributed by atoms with Crippen molar-refractivity contribution in [2.24, 2.45) is 5.92 Å². The van der Waals surface area contributed by atoms with E-state index in [0.29, 0.717) is 6.07 Å². The van der Waals surface area contributed by atoms with Gasteiger partial charge in [0.1, 0.15) is 0 Å². The van der Waals surface area contributed by atoms with Crippen molar-refractivity contribution in [2.45, 2.75) is 6.23 Å². The van der Waals surface area contributed by atoms with Crippen LogP contribution in [0.3, 0.4) is 0 Å². The predicted molar refractivity (Wildman–Crippen MR) is 58.3 cm³/mol. The predicted octanol–water partition coefficient (Wildman–Crippen LogP) is 0.381. The molecule has 0 aromatic heterocycles. The van der Waals surface area contributed by atoms with Gasteiger partial charge in [-0.15, -0.1) is 5.06 Å². The molecule has 1 aliphatic heterocycles. The monoisotopic (exact) mass is 290 g/mol. The first-order valence-electron chi connectivity index (χ1n) is 5.40. The van der Waals surface area contributed by atoms with Gasteiger partial charge in [-0.1, -0.05) is 0 Å². The fourth-order valence-electron chi connectivity index (χ4n) is 1.66. The summed E-state index contributed by atoms with van der Waals surface area (Å²) in [6, 6.07) is 1.41. The van der Waals surface area contributed by atoms with Crippen molar-refractivity contribution in [3.8, 4) is 0 Å². The van der Waals surface area contributed by atoms with Crippen LogP contribution in [0.5, 0.6) is 0 Å². The van der Waals surface area contributed by atoms with Gasteiger partial charge >= 0.3 is 5.97 Å². The van der Waals surface area contributed by atoms with Crippen LogP contribution in [0, 0.1) is 23.4 Å². The molecule has 9 heteroatoms. The van der Waals surface area contributed by atoms with Crippen LogP contribution in [0.4, 0.5) is 18.9 Å². The molecule has 2 atom stereocenters. The lowest BCUT2D eigenvalue weighted by atomic mass is 10.1. The molecule has 0 saturated carbocycles. The SMILES string of the molecule is CN1OC(=O)C(C(=O)Nc2ccc(F)c(F)c2F)C1O. The van der Waals surface area contributed by atoms with E-state index in [1.165, 1.54) is 7.05 Å². The van der Waals surface area contributed by atoms with E-state index in [-0.39, 0.29) is 0 Å². The van der Waals surface area contributed by atoms with Crippen LogP contribution in [-0.2, 0) is 14.4 Å². The molecule has 1 aromatic carbocycles. The van der Waals surface area contributed by atoms with Gasteiger partial charge in [0, 0.05) is 7.05 Å². The van der Waals surface area contributed by atoms with E-state index in [2.05, 4.69) is 4.84 Å². The Labute approximate surface area is 110 Å². The van der Waals surface area contributed by atoms with Crippen molar-refractivity contribution in [1.82, 2.24) is 5.06 Å². The molecule has 1 heterocycles. The molecule has 2 unspecified atom stereocenters. The summed E-state index contributed by atoms with van der Waals surface area (Å²) in [7, 11) is 1.22. The van der Waals surface area contributed by atoms with Crippen molar-refractivity contribution in [3.05, 3.63) is 29.6 Å². The molecular weight excluding hydrogens is 281 g/mol. The minimum Gasteiger partial charge on any atom is -0.374 e. The first-order valence-corrected chi connectivity index (χ1v) is 5.40. The van der Waals surface area contributed by atoms with Crippen molar-refractivity contribution in [2.75, 3.05) is 12.4 Å². The summed E-state index contributed by atoms with van der Waals surface area (Å²) < 4.78 is 39.1. The topological polar surface area (TPSA) is 78.9 Å². The highest BCUT2D eigenvalue weighted by atomic mass is 19.2. The third-order valence-electron chi connectivity index (χ3n) is 2.73. The van der Waals surface area contributed by atoms with E-state index in [4.69, 9.17) is 0 Å². The Morgan fingerprint density at radius 1 is 1.35 bits per heavy atom. The number of hydrogen-bond acceptors (Lipinski definition) is 5. The zero-order valence-corrected chi connectivity index (χ0v) is 10.1. The highest BCUT2D eigenvalue weighted by molar-refractivity contribution is 6.05. The molecule has 0 radical (unpaired) electrons. The highest BCUT2D eigenvalue weighted by Crippen LogP contribution is 2.24. The summed E-state index contributed by atoms with van der Waals surface area (Å²) in [5, 5.41) is 12.2.